The number of allylic oxidation sites excluding steroid dienone is 4. The largest absolute Gasteiger partial charge is 0.295 e. The highest BCUT2D eigenvalue weighted by molar-refractivity contribution is 6.04. The van der Waals surface area contributed by atoms with Gasteiger partial charge in [-0.3, -0.25) is 9.59 Å². The Morgan fingerprint density at radius 3 is 2.26 bits per heavy atom. The molecule has 5 aliphatic rings. The van der Waals surface area contributed by atoms with Crippen LogP contribution in [-0.2, 0) is 9.59 Å². The lowest BCUT2D eigenvalue weighted by molar-refractivity contribution is -0.171. The van der Waals surface area contributed by atoms with Crippen molar-refractivity contribution in [1.29, 1.82) is 5.26 Å². The SMILES string of the molecule is CC[C@]12CCC(C)(C)C[C@H]1[C@H]1C(=O)C=C3[C@@]4(C)C=C(C#N)C(=O)C(C)(C)[C@@H]4CC[C@@]3(C)[C@]1(C)CC2. The summed E-state index contributed by atoms with van der Waals surface area (Å²) in [5.41, 5.74) is 0.828. The number of nitrogens with zero attached hydrogens (tertiary/aromatic N) is 1. The van der Waals surface area contributed by atoms with Crippen LogP contribution < -0.4 is 0 Å². The number of hydrogen-bond acceptors (Lipinski definition) is 3. The molecule has 5 aliphatic carbocycles. The van der Waals surface area contributed by atoms with Gasteiger partial charge in [-0.25, -0.2) is 0 Å². The van der Waals surface area contributed by atoms with Crippen molar-refractivity contribution in [3.8, 4) is 6.07 Å². The van der Waals surface area contributed by atoms with Crippen molar-refractivity contribution in [3.05, 3.63) is 23.3 Å². The van der Waals surface area contributed by atoms with Gasteiger partial charge in [-0.2, -0.15) is 5.26 Å². The molecule has 0 amide bonds. The Hall–Kier alpha value is -1.69. The van der Waals surface area contributed by atoms with Crippen molar-refractivity contribution in [2.75, 3.05) is 0 Å². The molecule has 5 rings (SSSR count). The van der Waals surface area contributed by atoms with Crippen molar-refractivity contribution in [2.45, 2.75) is 107 Å². The molecule has 3 saturated carbocycles. The number of hydrogen-bond donors (Lipinski definition) is 0. The Kier molecular flexibility index (Phi) is 5.14. The van der Waals surface area contributed by atoms with Crippen molar-refractivity contribution in [3.63, 3.8) is 0 Å². The van der Waals surface area contributed by atoms with Crippen LogP contribution in [0.3, 0.4) is 0 Å². The van der Waals surface area contributed by atoms with Crippen LogP contribution in [0.25, 0.3) is 0 Å². The minimum atomic E-state index is -0.602. The Morgan fingerprint density at radius 2 is 1.63 bits per heavy atom. The van der Waals surface area contributed by atoms with Crippen molar-refractivity contribution in [1.82, 2.24) is 0 Å². The molecule has 0 aromatic carbocycles. The van der Waals surface area contributed by atoms with Gasteiger partial charge in [-0.1, -0.05) is 73.5 Å². The molecule has 0 aliphatic heterocycles. The third kappa shape index (κ3) is 2.95. The number of nitriles is 1. The average Bonchev–Trinajstić information content (AvgIpc) is 2.77. The zero-order valence-electron chi connectivity index (χ0n) is 23.3. The monoisotopic (exact) mass is 475 g/mol. The van der Waals surface area contributed by atoms with Crippen LogP contribution in [0.15, 0.2) is 23.3 Å². The van der Waals surface area contributed by atoms with Gasteiger partial charge in [0.25, 0.3) is 0 Å². The minimum absolute atomic E-state index is 0.0345. The van der Waals surface area contributed by atoms with Crippen molar-refractivity contribution in [2.24, 2.45) is 50.2 Å². The maximum Gasteiger partial charge on any atom is 0.178 e. The van der Waals surface area contributed by atoms with Gasteiger partial charge in [-0.15, -0.1) is 0 Å². The first-order valence-electron chi connectivity index (χ1n) is 14.1. The summed E-state index contributed by atoms with van der Waals surface area (Å²) in [5.74, 6) is 0.912. The molecule has 7 atom stereocenters. The van der Waals surface area contributed by atoms with E-state index in [9.17, 15) is 14.9 Å². The molecule has 0 spiro atoms. The highest BCUT2D eigenvalue weighted by atomic mass is 16.1. The summed E-state index contributed by atoms with van der Waals surface area (Å²) >= 11 is 0. The third-order valence-electron chi connectivity index (χ3n) is 12.7. The molecule has 190 valence electrons. The van der Waals surface area contributed by atoms with Gasteiger partial charge in [0.1, 0.15) is 6.07 Å². The highest BCUT2D eigenvalue weighted by Gasteiger charge is 2.69. The maximum absolute atomic E-state index is 14.3. The number of carbonyl (C=O) groups excluding carboxylic acids is 2. The predicted octanol–water partition coefficient (Wildman–Crippen LogP) is 7.62. The second kappa shape index (κ2) is 7.20. The first-order valence-corrected chi connectivity index (χ1v) is 14.1. The average molecular weight is 476 g/mol. The van der Waals surface area contributed by atoms with Crippen LogP contribution in [0.5, 0.6) is 0 Å². The van der Waals surface area contributed by atoms with E-state index in [0.29, 0.717) is 17.1 Å². The van der Waals surface area contributed by atoms with Gasteiger partial charge >= 0.3 is 0 Å². The van der Waals surface area contributed by atoms with Crippen molar-refractivity contribution < 1.29 is 9.59 Å². The van der Waals surface area contributed by atoms with E-state index < -0.39 is 10.8 Å². The molecule has 3 fully saturated rings. The standard InChI is InChI=1S/C32H45NO2/c1-9-32-14-12-27(2,3)18-21(32)25-22(34)16-24-29(6)17-20(19-33)26(35)28(4,5)23(29)10-11-30(24,7)31(25,8)13-15-32/h16-17,21,23,25H,9-15,18H2,1-8H3/t21-,23-,25-,29-,30+,31+,32+/m0/s1. The molecule has 0 heterocycles. The lowest BCUT2D eigenvalue weighted by Gasteiger charge is -2.69. The van der Waals surface area contributed by atoms with Gasteiger partial charge in [0.15, 0.2) is 11.6 Å². The molecule has 0 radical (unpaired) electrons. The lowest BCUT2D eigenvalue weighted by Crippen LogP contribution is -2.64. The fourth-order valence-corrected chi connectivity index (χ4v) is 10.4. The molecule has 3 heteroatoms. The van der Waals surface area contributed by atoms with Crippen LogP contribution in [0, 0.1) is 61.6 Å². The zero-order chi connectivity index (χ0) is 25.8. The number of carbonyl (C=O) groups is 2. The second-order valence-corrected chi connectivity index (χ2v) is 15.0. The van der Waals surface area contributed by atoms with E-state index in [1.807, 2.05) is 26.0 Å². The normalized spacial score (nSPS) is 47.8. The molecule has 35 heavy (non-hydrogen) atoms. The van der Waals surface area contributed by atoms with E-state index in [1.165, 1.54) is 31.3 Å². The van der Waals surface area contributed by atoms with Gasteiger partial charge in [0, 0.05) is 16.7 Å². The smallest absolute Gasteiger partial charge is 0.178 e. The molecule has 0 aromatic rings. The Balaban J connectivity index is 1.70. The molecular weight excluding hydrogens is 430 g/mol. The Labute approximate surface area is 212 Å². The van der Waals surface area contributed by atoms with Gasteiger partial charge in [-0.05, 0) is 84.5 Å². The number of rotatable bonds is 1. The second-order valence-electron chi connectivity index (χ2n) is 15.0. The van der Waals surface area contributed by atoms with E-state index in [4.69, 9.17) is 0 Å². The third-order valence-corrected chi connectivity index (χ3v) is 12.7. The molecule has 3 nitrogen and oxygen atoms in total. The van der Waals surface area contributed by atoms with E-state index >= 15 is 0 Å². The Bertz CT molecular complexity index is 1100. The first-order chi connectivity index (χ1) is 16.1. The van der Waals surface area contributed by atoms with Gasteiger partial charge < -0.3 is 0 Å². The zero-order valence-corrected chi connectivity index (χ0v) is 23.3. The van der Waals surface area contributed by atoms with Gasteiger partial charge in [0.2, 0.25) is 0 Å². The fraction of sp³-hybridized carbons (Fsp3) is 0.781. The minimum Gasteiger partial charge on any atom is -0.295 e. The Morgan fingerprint density at radius 1 is 0.971 bits per heavy atom. The van der Waals surface area contributed by atoms with Crippen LogP contribution >= 0.6 is 0 Å². The summed E-state index contributed by atoms with van der Waals surface area (Å²) < 4.78 is 0. The summed E-state index contributed by atoms with van der Waals surface area (Å²) in [5, 5.41) is 9.86. The van der Waals surface area contributed by atoms with Crippen LogP contribution in [0.4, 0.5) is 0 Å². The molecule has 0 saturated heterocycles. The number of fused-ring (bicyclic) bond motifs is 7. The number of Topliss-reactive ketones (excluding diaryl/α,β-unsaturated/α-hetero) is 1. The fourth-order valence-electron chi connectivity index (χ4n) is 10.4. The first kappa shape index (κ1) is 25.0. The highest BCUT2D eigenvalue weighted by Crippen LogP contribution is 2.74. The summed E-state index contributed by atoms with van der Waals surface area (Å²) in [6.07, 6.45) is 13.1. The molecule has 0 N–H and O–H groups in total. The van der Waals surface area contributed by atoms with E-state index in [0.717, 1.165) is 25.7 Å². The van der Waals surface area contributed by atoms with Crippen LogP contribution in [0.2, 0.25) is 0 Å². The summed E-state index contributed by atoms with van der Waals surface area (Å²) in [7, 11) is 0. The maximum atomic E-state index is 14.3. The topological polar surface area (TPSA) is 57.9 Å². The number of ketones is 2. The molecular formula is C32H45NO2. The van der Waals surface area contributed by atoms with E-state index in [1.54, 1.807) is 0 Å². The summed E-state index contributed by atoms with van der Waals surface area (Å²) in [4.78, 5) is 27.5. The van der Waals surface area contributed by atoms with Crippen LogP contribution in [0.1, 0.15) is 107 Å². The summed E-state index contributed by atoms with van der Waals surface area (Å²) in [6, 6.07) is 2.21. The van der Waals surface area contributed by atoms with E-state index in [-0.39, 0.29) is 39.4 Å². The van der Waals surface area contributed by atoms with Crippen LogP contribution in [-0.4, -0.2) is 11.6 Å². The van der Waals surface area contributed by atoms with Gasteiger partial charge in [0.05, 0.1) is 5.57 Å². The summed E-state index contributed by atoms with van der Waals surface area (Å²) in [6.45, 7) is 18.3. The van der Waals surface area contributed by atoms with Crippen molar-refractivity contribution >= 4 is 11.6 Å². The lowest BCUT2D eigenvalue weighted by atomic mass is 9.34. The molecule has 0 bridgehead atoms. The molecule has 0 aromatic heterocycles. The van der Waals surface area contributed by atoms with E-state index in [2.05, 4.69) is 47.6 Å². The predicted molar refractivity (Wildman–Crippen MR) is 139 cm³/mol. The molecule has 0 unspecified atom stereocenters. The quantitative estimate of drug-likeness (QED) is 0.392.